The Morgan fingerprint density at radius 1 is 1.14 bits per heavy atom. The fourth-order valence-corrected chi connectivity index (χ4v) is 2.75. The minimum absolute atomic E-state index is 0.488. The van der Waals surface area contributed by atoms with Crippen LogP contribution in [0.1, 0.15) is 12.6 Å². The van der Waals surface area contributed by atoms with Crippen LogP contribution in [0.15, 0.2) is 48.5 Å². The smallest absolute Gasteiger partial charge is 0.128 e. The Morgan fingerprint density at radius 3 is 2.71 bits per heavy atom. The predicted molar refractivity (Wildman–Crippen MR) is 87.8 cm³/mol. The van der Waals surface area contributed by atoms with E-state index in [0.717, 1.165) is 34.6 Å². The number of fused-ring (bicyclic) bond motifs is 1. The molecule has 3 rings (SSSR count). The molecule has 0 aliphatic rings. The van der Waals surface area contributed by atoms with Gasteiger partial charge in [0.1, 0.15) is 12.4 Å². The summed E-state index contributed by atoms with van der Waals surface area (Å²) in [6.07, 6.45) is 0. The zero-order valence-corrected chi connectivity index (χ0v) is 12.6. The van der Waals surface area contributed by atoms with Gasteiger partial charge in [-0.3, -0.25) is 0 Å². The van der Waals surface area contributed by atoms with Crippen molar-refractivity contribution in [2.75, 3.05) is 5.73 Å². The molecular formula is C17H17ClN2O. The molecule has 0 fully saturated rings. The van der Waals surface area contributed by atoms with Crippen molar-refractivity contribution < 1.29 is 4.74 Å². The second-order valence-electron chi connectivity index (χ2n) is 4.91. The molecule has 108 valence electrons. The molecule has 3 aromatic rings. The maximum Gasteiger partial charge on any atom is 0.128 e. The van der Waals surface area contributed by atoms with Gasteiger partial charge in [0, 0.05) is 22.6 Å². The largest absolute Gasteiger partial charge is 0.487 e. The molecule has 0 aliphatic carbocycles. The molecule has 0 unspecified atom stereocenters. The number of nitrogens with two attached hydrogens (primary N) is 1. The summed E-state index contributed by atoms with van der Waals surface area (Å²) < 4.78 is 8.06. The Morgan fingerprint density at radius 2 is 1.95 bits per heavy atom. The van der Waals surface area contributed by atoms with Gasteiger partial charge in [-0.1, -0.05) is 23.7 Å². The Hall–Kier alpha value is -2.13. The van der Waals surface area contributed by atoms with Crippen molar-refractivity contribution >= 4 is 28.2 Å². The monoisotopic (exact) mass is 300 g/mol. The predicted octanol–water partition coefficient (Wildman–Crippen LogP) is 4.48. The Bertz CT molecular complexity index is 780. The molecule has 1 aromatic heterocycles. The minimum Gasteiger partial charge on any atom is -0.487 e. The van der Waals surface area contributed by atoms with Crippen molar-refractivity contribution in [3.05, 3.63) is 59.2 Å². The van der Waals surface area contributed by atoms with Crippen molar-refractivity contribution in [1.29, 1.82) is 0 Å². The van der Waals surface area contributed by atoms with Crippen LogP contribution in [-0.2, 0) is 13.2 Å². The first-order valence-corrected chi connectivity index (χ1v) is 7.32. The van der Waals surface area contributed by atoms with Crippen LogP contribution in [0.25, 0.3) is 10.9 Å². The van der Waals surface area contributed by atoms with E-state index in [1.807, 2.05) is 36.4 Å². The average Bonchev–Trinajstić information content (AvgIpc) is 2.84. The molecule has 4 heteroatoms. The van der Waals surface area contributed by atoms with Crippen LogP contribution in [0.5, 0.6) is 5.75 Å². The van der Waals surface area contributed by atoms with Gasteiger partial charge < -0.3 is 15.0 Å². The van der Waals surface area contributed by atoms with Crippen molar-refractivity contribution in [2.45, 2.75) is 20.1 Å². The van der Waals surface area contributed by atoms with Crippen molar-refractivity contribution in [3.8, 4) is 5.75 Å². The van der Waals surface area contributed by atoms with E-state index in [0.29, 0.717) is 11.6 Å². The lowest BCUT2D eigenvalue weighted by molar-refractivity contribution is 0.296. The van der Waals surface area contributed by atoms with Crippen molar-refractivity contribution in [1.82, 2.24) is 4.57 Å². The molecule has 21 heavy (non-hydrogen) atoms. The third-order valence-electron chi connectivity index (χ3n) is 3.56. The van der Waals surface area contributed by atoms with Gasteiger partial charge in [-0.15, -0.1) is 0 Å². The summed E-state index contributed by atoms with van der Waals surface area (Å²) in [5.41, 5.74) is 9.09. The number of aromatic nitrogens is 1. The number of hydrogen-bond acceptors (Lipinski definition) is 2. The van der Waals surface area contributed by atoms with E-state index in [4.69, 9.17) is 22.1 Å². The van der Waals surface area contributed by atoms with Crippen LogP contribution in [0.2, 0.25) is 5.02 Å². The van der Waals surface area contributed by atoms with Gasteiger partial charge in [-0.05, 0) is 43.3 Å². The van der Waals surface area contributed by atoms with Crippen molar-refractivity contribution in [3.63, 3.8) is 0 Å². The number of benzene rings is 2. The summed E-state index contributed by atoms with van der Waals surface area (Å²) in [6, 6.07) is 15.5. The lowest BCUT2D eigenvalue weighted by Crippen LogP contribution is -2.04. The Kier molecular flexibility index (Phi) is 3.76. The SMILES string of the molecule is CCn1c(COc2cccc(Cl)c2)cc2c(N)cccc21. The maximum atomic E-state index is 6.05. The van der Waals surface area contributed by atoms with Crippen LogP contribution in [0.3, 0.4) is 0 Å². The van der Waals surface area contributed by atoms with E-state index in [1.165, 1.54) is 0 Å². The lowest BCUT2D eigenvalue weighted by atomic mass is 10.2. The topological polar surface area (TPSA) is 40.2 Å². The standard InChI is InChI=1S/C17H17ClN2O/c1-2-20-13(10-15-16(19)7-4-8-17(15)20)11-21-14-6-3-5-12(18)9-14/h3-10H,2,11,19H2,1H3. The zero-order valence-electron chi connectivity index (χ0n) is 11.8. The summed E-state index contributed by atoms with van der Waals surface area (Å²) in [5, 5.41) is 1.75. The van der Waals surface area contributed by atoms with Crippen LogP contribution in [0, 0.1) is 0 Å². The summed E-state index contributed by atoms with van der Waals surface area (Å²) in [6.45, 7) is 3.48. The van der Waals surface area contributed by atoms with E-state index >= 15 is 0 Å². The van der Waals surface area contributed by atoms with E-state index < -0.39 is 0 Å². The van der Waals surface area contributed by atoms with Gasteiger partial charge >= 0.3 is 0 Å². The zero-order chi connectivity index (χ0) is 14.8. The molecular weight excluding hydrogens is 284 g/mol. The van der Waals surface area contributed by atoms with Gasteiger partial charge in [0.15, 0.2) is 0 Å². The van der Waals surface area contributed by atoms with E-state index in [1.54, 1.807) is 0 Å². The summed E-state index contributed by atoms with van der Waals surface area (Å²) in [7, 11) is 0. The second kappa shape index (κ2) is 5.70. The Balaban J connectivity index is 1.91. The number of nitrogens with zero attached hydrogens (tertiary/aromatic N) is 1. The number of hydrogen-bond donors (Lipinski definition) is 1. The Labute approximate surface area is 128 Å². The van der Waals surface area contributed by atoms with E-state index in [-0.39, 0.29) is 0 Å². The van der Waals surface area contributed by atoms with Gasteiger partial charge in [0.05, 0.1) is 11.2 Å². The number of halogens is 1. The molecule has 1 heterocycles. The molecule has 0 atom stereocenters. The quantitative estimate of drug-likeness (QED) is 0.722. The molecule has 0 bridgehead atoms. The molecule has 2 N–H and O–H groups in total. The molecule has 0 spiro atoms. The highest BCUT2D eigenvalue weighted by atomic mass is 35.5. The number of rotatable bonds is 4. The van der Waals surface area contributed by atoms with Crippen LogP contribution in [0.4, 0.5) is 5.69 Å². The fourth-order valence-electron chi connectivity index (χ4n) is 2.57. The lowest BCUT2D eigenvalue weighted by Gasteiger charge is -2.10. The number of anilines is 1. The highest BCUT2D eigenvalue weighted by Gasteiger charge is 2.10. The van der Waals surface area contributed by atoms with E-state index in [9.17, 15) is 0 Å². The first-order valence-electron chi connectivity index (χ1n) is 6.94. The molecule has 0 saturated heterocycles. The third-order valence-corrected chi connectivity index (χ3v) is 3.80. The van der Waals surface area contributed by atoms with Crippen LogP contribution >= 0.6 is 11.6 Å². The molecule has 0 saturated carbocycles. The summed E-state index contributed by atoms with van der Waals surface area (Å²) >= 11 is 5.97. The van der Waals surface area contributed by atoms with Gasteiger partial charge in [0.2, 0.25) is 0 Å². The molecule has 0 radical (unpaired) electrons. The maximum absolute atomic E-state index is 6.05. The summed E-state index contributed by atoms with van der Waals surface area (Å²) in [4.78, 5) is 0. The molecule has 0 amide bonds. The van der Waals surface area contributed by atoms with Crippen molar-refractivity contribution in [2.24, 2.45) is 0 Å². The molecule has 0 aliphatic heterocycles. The third kappa shape index (κ3) is 2.69. The number of nitrogen functional groups attached to an aromatic ring is 1. The van der Waals surface area contributed by atoms with E-state index in [2.05, 4.69) is 23.6 Å². The number of ether oxygens (including phenoxy) is 1. The minimum atomic E-state index is 0.488. The molecule has 2 aromatic carbocycles. The highest BCUT2D eigenvalue weighted by molar-refractivity contribution is 6.30. The number of aryl methyl sites for hydroxylation is 1. The highest BCUT2D eigenvalue weighted by Crippen LogP contribution is 2.26. The van der Waals surface area contributed by atoms with Gasteiger partial charge in [-0.25, -0.2) is 0 Å². The average molecular weight is 301 g/mol. The first-order chi connectivity index (χ1) is 10.2. The van der Waals surface area contributed by atoms with Crippen LogP contribution in [-0.4, -0.2) is 4.57 Å². The first kappa shape index (κ1) is 13.8. The van der Waals surface area contributed by atoms with Gasteiger partial charge in [0.25, 0.3) is 0 Å². The fraction of sp³-hybridized carbons (Fsp3) is 0.176. The normalized spacial score (nSPS) is 11.0. The summed E-state index contributed by atoms with van der Waals surface area (Å²) in [5.74, 6) is 0.767. The second-order valence-corrected chi connectivity index (χ2v) is 5.34. The van der Waals surface area contributed by atoms with Crippen LogP contribution < -0.4 is 10.5 Å². The van der Waals surface area contributed by atoms with Gasteiger partial charge in [-0.2, -0.15) is 0 Å². The molecule has 3 nitrogen and oxygen atoms in total.